The third-order valence-corrected chi connectivity index (χ3v) is 6.29. The summed E-state index contributed by atoms with van der Waals surface area (Å²) in [6.45, 7) is 15.4. The standard InChI is InChI=1S/C15H18N2O2.C14H16N2O2.Na.H2O/c1-8-6-9(2)13(15(18)19-5)7-12(8)14-10(3)16-11(4)17-14;1-7-5-8(2)12(14(17)18)6-11(7)13-9(3)15-10(4)16-13;;/h6-7H,1-5H3,(H,16,17);5-6H,1-4H3,(H,15,16)(H,17,18);;1H2/q;;+1;/p-1. The fraction of sp³-hybridized carbons (Fsp3) is 0.310. The van der Waals surface area contributed by atoms with Crippen LogP contribution in [0.3, 0.4) is 0 Å². The van der Waals surface area contributed by atoms with Crippen LogP contribution in [0.15, 0.2) is 24.3 Å². The zero-order valence-corrected chi connectivity index (χ0v) is 26.3. The first-order valence-corrected chi connectivity index (χ1v) is 11.9. The summed E-state index contributed by atoms with van der Waals surface area (Å²) < 4.78 is 4.82. The Labute approximate surface area is 251 Å². The fourth-order valence-electron chi connectivity index (χ4n) is 4.52. The third-order valence-electron chi connectivity index (χ3n) is 6.29. The molecule has 2 heterocycles. The number of ether oxygens (including phenoxy) is 1. The van der Waals surface area contributed by atoms with Gasteiger partial charge in [0.25, 0.3) is 0 Å². The van der Waals surface area contributed by atoms with Gasteiger partial charge >= 0.3 is 41.5 Å². The number of H-pyrrole nitrogens is 2. The monoisotopic (exact) mass is 542 g/mol. The number of hydrogen-bond acceptors (Lipinski definition) is 6. The van der Waals surface area contributed by atoms with Crippen LogP contribution in [0.2, 0.25) is 0 Å². The number of carboxylic acids is 1. The second-order valence-corrected chi connectivity index (χ2v) is 9.35. The van der Waals surface area contributed by atoms with E-state index in [0.717, 1.165) is 67.8 Å². The normalized spacial score (nSPS) is 10.1. The SMILES string of the molecule is COC(=O)c1cc(-c2nc(C)[nH]c2C)c(C)cc1C.Cc1nc(-c2cc(C(=O)O)c(C)cc2C)c(C)[nH]1.[Na+].[OH-]. The number of methoxy groups -OCH3 is 1. The quantitative estimate of drug-likeness (QED) is 0.265. The van der Waals surface area contributed by atoms with E-state index in [1.165, 1.54) is 7.11 Å². The van der Waals surface area contributed by atoms with Gasteiger partial charge in [-0.05, 0) is 89.8 Å². The minimum absolute atomic E-state index is 0. The Morgan fingerprint density at radius 3 is 1.41 bits per heavy atom. The smallest absolute Gasteiger partial charge is 0.870 e. The summed E-state index contributed by atoms with van der Waals surface area (Å²) in [7, 11) is 1.39. The molecule has 0 saturated carbocycles. The minimum atomic E-state index is -0.904. The first-order valence-electron chi connectivity index (χ1n) is 11.9. The molecule has 0 unspecified atom stereocenters. The Balaban J connectivity index is 0.000000371. The zero-order valence-electron chi connectivity index (χ0n) is 24.3. The molecule has 2 aromatic heterocycles. The number of imidazole rings is 2. The van der Waals surface area contributed by atoms with E-state index in [2.05, 4.69) is 19.9 Å². The van der Waals surface area contributed by atoms with Crippen LogP contribution >= 0.6 is 0 Å². The molecule has 0 aliphatic carbocycles. The Bertz CT molecular complexity index is 1500. The number of hydrogen-bond donors (Lipinski definition) is 3. The number of carboxylic acid groups (broad SMARTS) is 1. The van der Waals surface area contributed by atoms with Gasteiger partial charge in [0.2, 0.25) is 0 Å². The number of aryl methyl sites for hydroxylation is 8. The molecule has 2 aromatic carbocycles. The summed E-state index contributed by atoms with van der Waals surface area (Å²) in [5, 5.41) is 9.17. The van der Waals surface area contributed by atoms with E-state index < -0.39 is 5.97 Å². The van der Waals surface area contributed by atoms with Crippen LogP contribution in [0.25, 0.3) is 22.5 Å². The molecule has 0 amide bonds. The Kier molecular flexibility index (Phi) is 11.9. The molecule has 10 heteroatoms. The number of nitrogens with zero attached hydrogens (tertiary/aromatic N) is 2. The van der Waals surface area contributed by atoms with Crippen LogP contribution in [0.5, 0.6) is 0 Å². The molecule has 0 fully saturated rings. The first-order chi connectivity index (χ1) is 17.3. The van der Waals surface area contributed by atoms with Gasteiger partial charge < -0.3 is 25.3 Å². The molecular weight excluding hydrogens is 507 g/mol. The van der Waals surface area contributed by atoms with E-state index in [0.29, 0.717) is 11.1 Å². The summed E-state index contributed by atoms with van der Waals surface area (Å²) in [5.41, 5.74) is 10.2. The predicted octanol–water partition coefficient (Wildman–Crippen LogP) is 2.93. The molecule has 0 aliphatic rings. The van der Waals surface area contributed by atoms with Crippen molar-refractivity contribution in [2.45, 2.75) is 55.4 Å². The summed E-state index contributed by atoms with van der Waals surface area (Å²) in [5.74, 6) is 0.480. The van der Waals surface area contributed by atoms with Crippen molar-refractivity contribution < 1.29 is 54.5 Å². The van der Waals surface area contributed by atoms with Gasteiger partial charge in [-0.3, -0.25) is 0 Å². The molecule has 0 aliphatic heterocycles. The van der Waals surface area contributed by atoms with Crippen molar-refractivity contribution in [3.8, 4) is 22.5 Å². The summed E-state index contributed by atoms with van der Waals surface area (Å²) in [4.78, 5) is 38.2. The molecule has 0 spiro atoms. The maximum atomic E-state index is 11.8. The van der Waals surface area contributed by atoms with E-state index >= 15 is 0 Å². The van der Waals surface area contributed by atoms with Crippen molar-refractivity contribution in [1.29, 1.82) is 0 Å². The second kappa shape index (κ2) is 13.7. The van der Waals surface area contributed by atoms with E-state index in [1.807, 2.05) is 73.6 Å². The van der Waals surface area contributed by atoms with Crippen LogP contribution in [-0.2, 0) is 4.74 Å². The molecule has 4 rings (SSSR count). The maximum absolute atomic E-state index is 11.8. The first kappa shape index (κ1) is 33.8. The van der Waals surface area contributed by atoms with Crippen LogP contribution in [0, 0.1) is 55.4 Å². The number of carbonyl (C=O) groups is 2. The zero-order chi connectivity index (χ0) is 27.6. The number of rotatable bonds is 4. The van der Waals surface area contributed by atoms with Crippen LogP contribution in [0.1, 0.15) is 66.0 Å². The van der Waals surface area contributed by atoms with Gasteiger partial charge in [0.15, 0.2) is 0 Å². The Morgan fingerprint density at radius 2 is 1.08 bits per heavy atom. The van der Waals surface area contributed by atoms with Gasteiger partial charge in [0.1, 0.15) is 11.6 Å². The van der Waals surface area contributed by atoms with Crippen LogP contribution < -0.4 is 29.6 Å². The number of aromatic nitrogens is 4. The van der Waals surface area contributed by atoms with Crippen LogP contribution in [0.4, 0.5) is 0 Å². The minimum Gasteiger partial charge on any atom is -0.870 e. The van der Waals surface area contributed by atoms with Crippen molar-refractivity contribution >= 4 is 11.9 Å². The molecule has 4 aromatic rings. The van der Waals surface area contributed by atoms with E-state index in [4.69, 9.17) is 4.74 Å². The summed E-state index contributed by atoms with van der Waals surface area (Å²) in [6, 6.07) is 7.45. The van der Waals surface area contributed by atoms with E-state index in [9.17, 15) is 14.7 Å². The Hall–Kier alpha value is -3.24. The topological polar surface area (TPSA) is 151 Å². The summed E-state index contributed by atoms with van der Waals surface area (Å²) >= 11 is 0. The maximum Gasteiger partial charge on any atom is 1.00 e. The van der Waals surface area contributed by atoms with Crippen molar-refractivity contribution in [1.82, 2.24) is 19.9 Å². The fourth-order valence-corrected chi connectivity index (χ4v) is 4.52. The number of carbonyl (C=O) groups excluding carboxylic acids is 1. The largest absolute Gasteiger partial charge is 1.00 e. The van der Waals surface area contributed by atoms with Gasteiger partial charge in [-0.2, -0.15) is 0 Å². The molecule has 0 bridgehead atoms. The van der Waals surface area contributed by atoms with Gasteiger partial charge in [0, 0.05) is 22.5 Å². The van der Waals surface area contributed by atoms with Gasteiger partial charge in [-0.1, -0.05) is 12.1 Å². The Morgan fingerprint density at radius 1 is 0.692 bits per heavy atom. The second-order valence-electron chi connectivity index (χ2n) is 9.35. The van der Waals surface area contributed by atoms with Crippen LogP contribution in [-0.4, -0.2) is 49.6 Å². The number of nitrogens with one attached hydrogen (secondary N) is 2. The molecule has 39 heavy (non-hydrogen) atoms. The average molecular weight is 543 g/mol. The number of aromatic amines is 2. The molecule has 0 atom stereocenters. The molecule has 0 saturated heterocycles. The average Bonchev–Trinajstić information content (AvgIpc) is 3.32. The number of aromatic carboxylic acids is 1. The molecule has 0 radical (unpaired) electrons. The summed E-state index contributed by atoms with van der Waals surface area (Å²) in [6.07, 6.45) is 0. The molecule has 202 valence electrons. The van der Waals surface area contributed by atoms with E-state index in [-0.39, 0.29) is 41.0 Å². The molecule has 4 N–H and O–H groups in total. The molecular formula is C29H35N4NaO5. The van der Waals surface area contributed by atoms with Gasteiger partial charge in [0.05, 0.1) is 29.6 Å². The third kappa shape index (κ3) is 7.45. The van der Waals surface area contributed by atoms with Crippen molar-refractivity contribution in [2.75, 3.05) is 7.11 Å². The number of benzene rings is 2. The predicted molar refractivity (Wildman–Crippen MR) is 146 cm³/mol. The number of esters is 1. The van der Waals surface area contributed by atoms with Gasteiger partial charge in [-0.15, -0.1) is 0 Å². The van der Waals surface area contributed by atoms with Gasteiger partial charge in [-0.25, -0.2) is 19.6 Å². The van der Waals surface area contributed by atoms with Crippen molar-refractivity contribution in [3.05, 3.63) is 80.7 Å². The van der Waals surface area contributed by atoms with Crippen molar-refractivity contribution in [3.63, 3.8) is 0 Å². The molecule has 9 nitrogen and oxygen atoms in total. The van der Waals surface area contributed by atoms with E-state index in [1.54, 1.807) is 6.07 Å². The van der Waals surface area contributed by atoms with Crippen molar-refractivity contribution in [2.24, 2.45) is 0 Å².